The van der Waals surface area contributed by atoms with Crippen molar-refractivity contribution in [1.29, 1.82) is 0 Å². The lowest BCUT2D eigenvalue weighted by Gasteiger charge is -2.22. The molecule has 14 heavy (non-hydrogen) atoms. The molecule has 0 spiro atoms. The van der Waals surface area contributed by atoms with Crippen molar-refractivity contribution in [2.75, 3.05) is 5.43 Å². The van der Waals surface area contributed by atoms with E-state index in [-0.39, 0.29) is 11.9 Å². The third-order valence-corrected chi connectivity index (χ3v) is 1.67. The van der Waals surface area contributed by atoms with Crippen LogP contribution in [-0.2, 0) is 0 Å². The van der Waals surface area contributed by atoms with Crippen molar-refractivity contribution in [3.8, 4) is 0 Å². The Labute approximate surface area is 78.0 Å². The number of hydrogen-bond donors (Lipinski definition) is 5. The number of aromatic amines is 1. The number of anilines is 1. The van der Waals surface area contributed by atoms with Gasteiger partial charge in [-0.15, -0.1) is 5.84 Å². The Bertz CT molecular complexity index is 368. The van der Waals surface area contributed by atoms with Crippen LogP contribution in [-0.4, -0.2) is 31.8 Å². The summed E-state index contributed by atoms with van der Waals surface area (Å²) in [6, 6.07) is 0. The molecule has 0 saturated heterocycles. The predicted molar refractivity (Wildman–Crippen MR) is 47.7 cm³/mol. The number of H-pyrrole nitrogens is 1. The van der Waals surface area contributed by atoms with Crippen LogP contribution in [0.25, 0.3) is 0 Å². The summed E-state index contributed by atoms with van der Waals surface area (Å²) in [4.78, 5) is 3.80. The van der Waals surface area contributed by atoms with Crippen molar-refractivity contribution < 1.29 is 4.70 Å². The summed E-state index contributed by atoms with van der Waals surface area (Å²) in [7, 11) is 0. The molecule has 10 nitrogen and oxygen atoms in total. The molecule has 0 fully saturated rings. The van der Waals surface area contributed by atoms with E-state index in [1.165, 1.54) is 6.33 Å². The van der Waals surface area contributed by atoms with Gasteiger partial charge in [0.25, 0.3) is 5.95 Å². The van der Waals surface area contributed by atoms with E-state index in [0.29, 0.717) is 5.95 Å². The van der Waals surface area contributed by atoms with Gasteiger partial charge in [-0.25, -0.2) is 5.10 Å². The minimum Gasteiger partial charge on any atom is -0.332 e. The van der Waals surface area contributed by atoms with Crippen molar-refractivity contribution in [1.82, 2.24) is 15.2 Å². The highest BCUT2D eigenvalue weighted by Crippen LogP contribution is 2.07. The Kier molecular flexibility index (Phi) is 1.59. The summed E-state index contributed by atoms with van der Waals surface area (Å²) < 4.78 is -0.602. The fraction of sp³-hybridized carbons (Fsp3) is 0. The maximum absolute atomic E-state index is 5.76. The normalized spacial score (nSPS) is 18.9. The highest BCUT2D eigenvalue weighted by molar-refractivity contribution is 5.90. The van der Waals surface area contributed by atoms with Crippen LogP contribution in [0.5, 0.6) is 0 Å². The zero-order valence-electron chi connectivity index (χ0n) is 7.05. The molecule has 74 valence electrons. The van der Waals surface area contributed by atoms with E-state index in [4.69, 9.17) is 17.3 Å². The monoisotopic (exact) mass is 197 g/mol. The molecular weight excluding hydrogens is 188 g/mol. The number of nitrogens with one attached hydrogen (secondary N) is 2. The molecule has 2 rings (SSSR count). The molecule has 0 bridgehead atoms. The van der Waals surface area contributed by atoms with Crippen LogP contribution in [0.4, 0.5) is 5.95 Å². The molecule has 0 atom stereocenters. The van der Waals surface area contributed by atoms with Crippen molar-refractivity contribution in [3.63, 3.8) is 0 Å². The third-order valence-electron chi connectivity index (χ3n) is 1.67. The Morgan fingerprint density at radius 2 is 1.93 bits per heavy atom. The summed E-state index contributed by atoms with van der Waals surface area (Å²) in [6.07, 6.45) is 1.31. The fourth-order valence-corrected chi connectivity index (χ4v) is 0.902. The van der Waals surface area contributed by atoms with E-state index >= 15 is 0 Å². The molecule has 0 unspecified atom stereocenters. The first-order valence-corrected chi connectivity index (χ1v) is 3.62. The minimum atomic E-state index is -0.602. The van der Waals surface area contributed by atoms with Crippen LogP contribution in [0.1, 0.15) is 0 Å². The van der Waals surface area contributed by atoms with Gasteiger partial charge in [0.15, 0.2) is 0 Å². The molecule has 0 saturated carbocycles. The maximum Gasteiger partial charge on any atom is 0.372 e. The molecule has 1 aliphatic rings. The number of nitrogens with zero attached hydrogens (tertiary/aromatic N) is 5. The first-order valence-electron chi connectivity index (χ1n) is 3.62. The smallest absolute Gasteiger partial charge is 0.332 e. The highest BCUT2D eigenvalue weighted by atomic mass is 15.9. The average molecular weight is 197 g/mol. The molecule has 2 heterocycles. The van der Waals surface area contributed by atoms with Gasteiger partial charge in [0.1, 0.15) is 6.33 Å². The lowest BCUT2D eigenvalue weighted by molar-refractivity contribution is -0.736. The molecule has 1 aromatic rings. The van der Waals surface area contributed by atoms with E-state index in [0.717, 1.165) is 0 Å². The van der Waals surface area contributed by atoms with Gasteiger partial charge in [0, 0.05) is 0 Å². The molecule has 0 radical (unpaired) electrons. The number of quaternary nitrogens is 1. The van der Waals surface area contributed by atoms with Crippen molar-refractivity contribution in [3.05, 3.63) is 6.33 Å². The van der Waals surface area contributed by atoms with Crippen molar-refractivity contribution >= 4 is 17.9 Å². The second-order valence-electron chi connectivity index (χ2n) is 2.58. The number of aromatic nitrogens is 3. The van der Waals surface area contributed by atoms with Crippen LogP contribution in [0.15, 0.2) is 16.5 Å². The summed E-state index contributed by atoms with van der Waals surface area (Å²) in [6.45, 7) is 0. The SMILES string of the molecule is NC1=NN=C(N)[N+]1(N)Nc1ncn[nH]1. The Hall–Kier alpha value is -2.20. The van der Waals surface area contributed by atoms with Crippen LogP contribution >= 0.6 is 0 Å². The first kappa shape index (κ1) is 8.40. The largest absolute Gasteiger partial charge is 0.372 e. The summed E-state index contributed by atoms with van der Waals surface area (Å²) in [5.41, 5.74) is 13.7. The van der Waals surface area contributed by atoms with E-state index in [2.05, 4.69) is 30.8 Å². The van der Waals surface area contributed by atoms with Gasteiger partial charge < -0.3 is 11.5 Å². The van der Waals surface area contributed by atoms with Gasteiger partial charge in [-0.2, -0.15) is 15.5 Å². The van der Waals surface area contributed by atoms with Crippen LogP contribution in [0, 0.1) is 0 Å². The molecule has 8 N–H and O–H groups in total. The van der Waals surface area contributed by atoms with Gasteiger partial charge in [0.05, 0.1) is 0 Å². The molecule has 1 aromatic heterocycles. The first-order chi connectivity index (χ1) is 6.63. The lowest BCUT2D eigenvalue weighted by Crippen LogP contribution is -2.69. The molecule has 10 heteroatoms. The fourth-order valence-electron chi connectivity index (χ4n) is 0.902. The molecule has 0 amide bonds. The predicted octanol–water partition coefficient (Wildman–Crippen LogP) is -2.62. The number of nitrogens with two attached hydrogens (primary N) is 3. The van der Waals surface area contributed by atoms with E-state index < -0.39 is 4.70 Å². The highest BCUT2D eigenvalue weighted by Gasteiger charge is 2.41. The average Bonchev–Trinajstić information content (AvgIpc) is 2.72. The summed E-state index contributed by atoms with van der Waals surface area (Å²) in [5.74, 6) is 6.10. The zero-order chi connectivity index (χ0) is 10.2. The number of guanidine groups is 2. The Morgan fingerprint density at radius 3 is 2.43 bits per heavy atom. The topological polar surface area (TPSA) is 156 Å². The molecule has 0 aromatic carbocycles. The second-order valence-corrected chi connectivity index (χ2v) is 2.58. The van der Waals surface area contributed by atoms with Crippen LogP contribution in [0.3, 0.4) is 0 Å². The van der Waals surface area contributed by atoms with E-state index in [1.54, 1.807) is 0 Å². The molecular formula is C4H9N10+. The standard InChI is InChI=1S/C4H9N10/c5-2-10-11-3(6)14(2,7)13-4-8-1-9-12-4/h1H,7H2,(H2,5,10)(H2,6,11)(H2,8,9,12,13)/q+1. The van der Waals surface area contributed by atoms with E-state index in [1.807, 2.05) is 0 Å². The van der Waals surface area contributed by atoms with Gasteiger partial charge in [-0.3, -0.25) is 0 Å². The van der Waals surface area contributed by atoms with Crippen LogP contribution in [0.2, 0.25) is 0 Å². The van der Waals surface area contributed by atoms with Crippen molar-refractivity contribution in [2.45, 2.75) is 0 Å². The Morgan fingerprint density at radius 1 is 1.29 bits per heavy atom. The lowest BCUT2D eigenvalue weighted by atomic mass is 10.8. The molecule has 0 aliphatic carbocycles. The quantitative estimate of drug-likeness (QED) is 0.258. The summed E-state index contributed by atoms with van der Waals surface area (Å²) in [5, 5.41) is 13.2. The maximum atomic E-state index is 5.76. The van der Waals surface area contributed by atoms with Gasteiger partial charge in [0.2, 0.25) is 0 Å². The zero-order valence-corrected chi connectivity index (χ0v) is 7.05. The second kappa shape index (κ2) is 2.65. The van der Waals surface area contributed by atoms with Crippen molar-refractivity contribution in [2.24, 2.45) is 27.5 Å². The van der Waals surface area contributed by atoms with Gasteiger partial charge in [-0.1, -0.05) is 10.2 Å². The Balaban J connectivity index is 2.25. The third kappa shape index (κ3) is 1.06. The van der Waals surface area contributed by atoms with E-state index in [9.17, 15) is 0 Å². The number of rotatable bonds is 2. The van der Waals surface area contributed by atoms with Gasteiger partial charge >= 0.3 is 11.9 Å². The molecule has 1 aliphatic heterocycles. The van der Waals surface area contributed by atoms with Gasteiger partial charge in [-0.05, 0) is 4.70 Å². The summed E-state index contributed by atoms with van der Waals surface area (Å²) >= 11 is 0. The van der Waals surface area contributed by atoms with Crippen LogP contribution < -0.4 is 22.7 Å². The number of hydrogen-bond acceptors (Lipinski definition) is 8. The minimum absolute atomic E-state index is 0.0129.